The maximum Gasteiger partial charge on any atom is 0.305 e. The number of nitrogens with one attached hydrogen (secondary N) is 1. The van der Waals surface area contributed by atoms with Gasteiger partial charge in [0, 0.05) is 12.8 Å². The minimum absolute atomic E-state index is 0.0258. The monoisotopic (exact) mass is 1240 g/mol. The first-order chi connectivity index (χ1) is 43.5. The summed E-state index contributed by atoms with van der Waals surface area (Å²) in [4.78, 5) is 24.7. The fourth-order valence-electron chi connectivity index (χ4n) is 13.3. The number of amides is 1. The first-order valence-corrected chi connectivity index (χ1v) is 41.0. The molecule has 0 spiro atoms. The van der Waals surface area contributed by atoms with Crippen molar-refractivity contribution >= 4 is 11.9 Å². The molecule has 0 aromatic carbocycles. The second kappa shape index (κ2) is 78.0. The van der Waals surface area contributed by atoms with Gasteiger partial charge >= 0.3 is 5.97 Å². The van der Waals surface area contributed by atoms with Crippen LogP contribution in [0.15, 0.2) is 12.2 Å². The highest BCUT2D eigenvalue weighted by atomic mass is 16.5. The standard InChI is InChI=1S/C82H161NO5/c1-3-5-7-9-11-13-15-17-19-21-22-23-34-37-40-43-46-50-54-58-62-66-70-74-80(85)79(78-84)83-81(86)75-71-67-63-59-55-51-47-44-41-38-35-32-30-28-26-24-25-27-29-31-33-36-39-42-45-49-53-57-61-65-69-73-77-88-82(87)76-72-68-64-60-56-52-48-20-18-16-14-12-10-8-6-4-2/h70,74,79-80,84-85H,3-69,71-73,75-78H2,1-2H3,(H,83,86)/b74-70+. The Morgan fingerprint density at radius 1 is 0.307 bits per heavy atom. The van der Waals surface area contributed by atoms with Gasteiger partial charge in [-0.05, 0) is 32.1 Å². The first-order valence-electron chi connectivity index (χ1n) is 41.0. The number of allylic oxidation sites excluding steroid dienone is 1. The second-order valence-corrected chi connectivity index (χ2v) is 28.5. The Morgan fingerprint density at radius 2 is 0.523 bits per heavy atom. The molecule has 0 fully saturated rings. The Hall–Kier alpha value is -1.40. The van der Waals surface area contributed by atoms with Gasteiger partial charge in [-0.25, -0.2) is 0 Å². The molecule has 0 aliphatic heterocycles. The van der Waals surface area contributed by atoms with Crippen molar-refractivity contribution in [1.29, 1.82) is 0 Å². The molecule has 0 bridgehead atoms. The fourth-order valence-corrected chi connectivity index (χ4v) is 13.3. The van der Waals surface area contributed by atoms with E-state index in [2.05, 4.69) is 19.2 Å². The van der Waals surface area contributed by atoms with Crippen molar-refractivity contribution in [3.05, 3.63) is 12.2 Å². The third kappa shape index (κ3) is 73.6. The Labute approximate surface area is 552 Å². The van der Waals surface area contributed by atoms with Gasteiger partial charge < -0.3 is 20.3 Å². The van der Waals surface area contributed by atoms with Crippen LogP contribution in [0.1, 0.15) is 476 Å². The van der Waals surface area contributed by atoms with Crippen LogP contribution in [0.5, 0.6) is 0 Å². The van der Waals surface area contributed by atoms with E-state index < -0.39 is 12.1 Å². The van der Waals surface area contributed by atoms with Gasteiger partial charge in [-0.3, -0.25) is 9.59 Å². The Morgan fingerprint density at radius 3 is 0.773 bits per heavy atom. The number of carbonyl (C=O) groups is 2. The predicted octanol–water partition coefficient (Wildman–Crippen LogP) is 27.1. The molecule has 2 atom stereocenters. The molecule has 1 amide bonds. The van der Waals surface area contributed by atoms with Crippen molar-refractivity contribution in [2.24, 2.45) is 0 Å². The lowest BCUT2D eigenvalue weighted by molar-refractivity contribution is -0.143. The van der Waals surface area contributed by atoms with E-state index in [0.717, 1.165) is 38.5 Å². The highest BCUT2D eigenvalue weighted by Gasteiger charge is 2.18. The van der Waals surface area contributed by atoms with E-state index in [9.17, 15) is 19.8 Å². The van der Waals surface area contributed by atoms with Crippen molar-refractivity contribution in [2.75, 3.05) is 13.2 Å². The van der Waals surface area contributed by atoms with Crippen LogP contribution in [-0.4, -0.2) is 47.4 Å². The molecule has 524 valence electrons. The molecule has 6 nitrogen and oxygen atoms in total. The minimum atomic E-state index is -0.842. The average molecular weight is 1240 g/mol. The van der Waals surface area contributed by atoms with Gasteiger partial charge in [-0.1, -0.05) is 443 Å². The van der Waals surface area contributed by atoms with Crippen molar-refractivity contribution in [3.8, 4) is 0 Å². The number of unbranched alkanes of at least 4 members (excludes halogenated alkanes) is 67. The van der Waals surface area contributed by atoms with Crippen LogP contribution >= 0.6 is 0 Å². The van der Waals surface area contributed by atoms with Crippen molar-refractivity contribution in [2.45, 2.75) is 488 Å². The lowest BCUT2D eigenvalue weighted by Crippen LogP contribution is -2.45. The van der Waals surface area contributed by atoms with Crippen LogP contribution in [0.3, 0.4) is 0 Å². The molecule has 0 saturated heterocycles. The smallest absolute Gasteiger partial charge is 0.305 e. The molecule has 2 unspecified atom stereocenters. The molecule has 0 heterocycles. The van der Waals surface area contributed by atoms with E-state index in [0.29, 0.717) is 19.4 Å². The zero-order chi connectivity index (χ0) is 63.5. The summed E-state index contributed by atoms with van der Waals surface area (Å²) in [6, 6.07) is -0.625. The Kier molecular flexibility index (Phi) is 76.8. The van der Waals surface area contributed by atoms with Crippen LogP contribution in [0.2, 0.25) is 0 Å². The quantitative estimate of drug-likeness (QED) is 0.0320. The molecule has 3 N–H and O–H groups in total. The van der Waals surface area contributed by atoms with Crippen molar-refractivity contribution in [1.82, 2.24) is 5.32 Å². The van der Waals surface area contributed by atoms with Crippen LogP contribution in [0, 0.1) is 0 Å². The van der Waals surface area contributed by atoms with Gasteiger partial charge in [0.25, 0.3) is 0 Å². The molecule has 0 rings (SSSR count). The number of hydrogen-bond acceptors (Lipinski definition) is 5. The number of aliphatic hydroxyl groups excluding tert-OH is 2. The summed E-state index contributed by atoms with van der Waals surface area (Å²) >= 11 is 0. The number of ether oxygens (including phenoxy) is 1. The number of carbonyl (C=O) groups excluding carboxylic acids is 2. The number of esters is 1. The van der Waals surface area contributed by atoms with Crippen LogP contribution in [0.25, 0.3) is 0 Å². The van der Waals surface area contributed by atoms with Crippen molar-refractivity contribution in [3.63, 3.8) is 0 Å². The van der Waals surface area contributed by atoms with E-state index in [4.69, 9.17) is 4.74 Å². The summed E-state index contributed by atoms with van der Waals surface area (Å²) in [6.07, 6.45) is 99.2. The van der Waals surface area contributed by atoms with Gasteiger partial charge in [-0.2, -0.15) is 0 Å². The minimum Gasteiger partial charge on any atom is -0.466 e. The second-order valence-electron chi connectivity index (χ2n) is 28.5. The number of rotatable bonds is 78. The van der Waals surface area contributed by atoms with Gasteiger partial charge in [-0.15, -0.1) is 0 Å². The Balaban J connectivity index is 3.34. The van der Waals surface area contributed by atoms with E-state index in [-0.39, 0.29) is 18.5 Å². The lowest BCUT2D eigenvalue weighted by atomic mass is 10.0. The topological polar surface area (TPSA) is 95.9 Å². The maximum absolute atomic E-state index is 12.6. The normalized spacial score (nSPS) is 12.5. The summed E-state index contributed by atoms with van der Waals surface area (Å²) in [5, 5.41) is 23.3. The summed E-state index contributed by atoms with van der Waals surface area (Å²) in [7, 11) is 0. The fraction of sp³-hybridized carbons (Fsp3) is 0.951. The highest BCUT2D eigenvalue weighted by Crippen LogP contribution is 2.21. The van der Waals surface area contributed by atoms with Crippen molar-refractivity contribution < 1.29 is 24.5 Å². The summed E-state index contributed by atoms with van der Waals surface area (Å²) in [6.45, 7) is 4.97. The number of hydrogen-bond donors (Lipinski definition) is 3. The van der Waals surface area contributed by atoms with Crippen LogP contribution in [0.4, 0.5) is 0 Å². The van der Waals surface area contributed by atoms with Crippen LogP contribution < -0.4 is 5.32 Å². The van der Waals surface area contributed by atoms with E-state index >= 15 is 0 Å². The third-order valence-corrected chi connectivity index (χ3v) is 19.6. The molecule has 0 aromatic heterocycles. The summed E-state index contributed by atoms with van der Waals surface area (Å²) < 4.78 is 5.51. The average Bonchev–Trinajstić information content (AvgIpc) is 3.58. The molecule has 88 heavy (non-hydrogen) atoms. The lowest BCUT2D eigenvalue weighted by Gasteiger charge is -2.20. The van der Waals surface area contributed by atoms with E-state index in [1.807, 2.05) is 6.08 Å². The SMILES string of the molecule is CCCCCCCCCCCCCCCCCCCCCCC/C=C/C(O)C(CO)NC(=O)CCCCCCCCCCCCCCCCCCCCCCCCCCCCCCCCCCOC(=O)CCCCCCCCCCCCCCCCCC. The van der Waals surface area contributed by atoms with Crippen LogP contribution in [-0.2, 0) is 14.3 Å². The zero-order valence-electron chi connectivity index (χ0n) is 60.3. The van der Waals surface area contributed by atoms with Gasteiger partial charge in [0.05, 0.1) is 25.4 Å². The predicted molar refractivity (Wildman–Crippen MR) is 389 cm³/mol. The van der Waals surface area contributed by atoms with E-state index in [1.54, 1.807) is 6.08 Å². The third-order valence-electron chi connectivity index (χ3n) is 19.6. The van der Waals surface area contributed by atoms with Gasteiger partial charge in [0.1, 0.15) is 0 Å². The molecular formula is C82H161NO5. The molecular weight excluding hydrogens is 1080 g/mol. The molecule has 0 saturated carbocycles. The summed E-state index contributed by atoms with van der Waals surface area (Å²) in [5.74, 6) is -0.0319. The highest BCUT2D eigenvalue weighted by molar-refractivity contribution is 5.76. The zero-order valence-corrected chi connectivity index (χ0v) is 60.3. The molecule has 0 aliphatic rings. The number of aliphatic hydroxyl groups is 2. The molecule has 0 aliphatic carbocycles. The van der Waals surface area contributed by atoms with Gasteiger partial charge in [0.15, 0.2) is 0 Å². The Bertz CT molecular complexity index is 1340. The molecule has 6 heteroatoms. The van der Waals surface area contributed by atoms with E-state index in [1.165, 1.54) is 411 Å². The maximum atomic E-state index is 12.6. The molecule has 0 radical (unpaired) electrons. The summed E-state index contributed by atoms with van der Waals surface area (Å²) in [5.41, 5.74) is 0. The molecule has 0 aromatic rings. The first kappa shape index (κ1) is 86.6. The largest absolute Gasteiger partial charge is 0.466 e. The van der Waals surface area contributed by atoms with Gasteiger partial charge in [0.2, 0.25) is 5.91 Å².